The molecule has 1 aliphatic heterocycles. The number of amides is 1. The first-order valence-corrected chi connectivity index (χ1v) is 10.4. The monoisotopic (exact) mass is 416 g/mol. The third kappa shape index (κ3) is 4.69. The van der Waals surface area contributed by atoms with E-state index in [9.17, 15) is 10.1 Å². The normalized spacial score (nSPS) is 13.9. The molecule has 0 saturated carbocycles. The molecule has 2 heterocycles. The number of fused-ring (bicyclic) bond motifs is 1. The molecule has 1 N–H and O–H groups in total. The molecule has 1 aliphatic rings. The number of ether oxygens (including phenoxy) is 2. The van der Waals surface area contributed by atoms with Gasteiger partial charge < -0.3 is 19.4 Å². The number of hydrogen-bond donors (Lipinski definition) is 1. The molecule has 1 aromatic heterocycles. The van der Waals surface area contributed by atoms with Gasteiger partial charge in [0.25, 0.3) is 5.91 Å². The lowest BCUT2D eigenvalue weighted by atomic mass is 10.1. The number of H-pyrrole nitrogens is 1. The number of rotatable bonds is 7. The maximum atomic E-state index is 12.3. The molecule has 3 aromatic rings. The molecule has 0 aliphatic carbocycles. The van der Waals surface area contributed by atoms with Crippen LogP contribution < -0.4 is 9.47 Å². The van der Waals surface area contributed by atoms with Gasteiger partial charge in [-0.25, -0.2) is 4.98 Å². The molecule has 0 radical (unpaired) electrons. The Balaban J connectivity index is 1.55. The molecule has 31 heavy (non-hydrogen) atoms. The van der Waals surface area contributed by atoms with Gasteiger partial charge in [-0.15, -0.1) is 0 Å². The molecule has 0 spiro atoms. The smallest absolute Gasteiger partial charge is 0.260 e. The number of imidazole rings is 1. The van der Waals surface area contributed by atoms with Gasteiger partial charge in [-0.1, -0.05) is 18.2 Å². The van der Waals surface area contributed by atoms with Crippen molar-refractivity contribution in [3.8, 4) is 17.6 Å². The van der Waals surface area contributed by atoms with Crippen molar-refractivity contribution in [2.45, 2.75) is 19.8 Å². The van der Waals surface area contributed by atoms with Crippen LogP contribution in [0.2, 0.25) is 0 Å². The van der Waals surface area contributed by atoms with Crippen molar-refractivity contribution >= 4 is 28.6 Å². The van der Waals surface area contributed by atoms with Crippen molar-refractivity contribution in [3.05, 3.63) is 53.9 Å². The summed E-state index contributed by atoms with van der Waals surface area (Å²) in [5.41, 5.74) is 2.87. The highest BCUT2D eigenvalue weighted by Crippen LogP contribution is 2.30. The highest BCUT2D eigenvalue weighted by Gasteiger charge is 2.19. The second kappa shape index (κ2) is 9.35. The van der Waals surface area contributed by atoms with E-state index in [1.165, 1.54) is 0 Å². The van der Waals surface area contributed by atoms with Gasteiger partial charge in [-0.05, 0) is 55.7 Å². The van der Waals surface area contributed by atoms with E-state index >= 15 is 0 Å². The van der Waals surface area contributed by atoms with Gasteiger partial charge in [0.05, 0.1) is 23.2 Å². The first-order chi connectivity index (χ1) is 15.2. The number of nitrogens with zero attached hydrogens (tertiary/aromatic N) is 3. The summed E-state index contributed by atoms with van der Waals surface area (Å²) in [5, 5.41) is 9.67. The van der Waals surface area contributed by atoms with Gasteiger partial charge in [-0.3, -0.25) is 4.79 Å². The highest BCUT2D eigenvalue weighted by atomic mass is 16.5. The topological polar surface area (TPSA) is 91.2 Å². The van der Waals surface area contributed by atoms with Crippen LogP contribution in [-0.4, -0.2) is 47.1 Å². The van der Waals surface area contributed by atoms with Crippen LogP contribution in [0.1, 0.15) is 31.2 Å². The molecule has 2 aromatic carbocycles. The van der Waals surface area contributed by atoms with Crippen molar-refractivity contribution < 1.29 is 14.3 Å². The molecule has 7 nitrogen and oxygen atoms in total. The predicted molar refractivity (Wildman–Crippen MR) is 118 cm³/mol. The number of nitrogens with one attached hydrogen (secondary N) is 1. The lowest BCUT2D eigenvalue weighted by Gasteiger charge is -2.17. The maximum Gasteiger partial charge on any atom is 0.260 e. The molecule has 1 amide bonds. The molecule has 1 fully saturated rings. The van der Waals surface area contributed by atoms with E-state index in [1.54, 1.807) is 18.2 Å². The number of nitriles is 1. The molecule has 4 rings (SSSR count). The van der Waals surface area contributed by atoms with E-state index in [0.717, 1.165) is 42.5 Å². The van der Waals surface area contributed by atoms with Crippen LogP contribution in [0.5, 0.6) is 11.5 Å². The summed E-state index contributed by atoms with van der Waals surface area (Å²) in [4.78, 5) is 21.8. The number of para-hydroxylation sites is 2. The van der Waals surface area contributed by atoms with Gasteiger partial charge in [0, 0.05) is 13.1 Å². The molecule has 0 unspecified atom stereocenters. The molecule has 0 bridgehead atoms. The molecule has 0 atom stereocenters. The average molecular weight is 416 g/mol. The summed E-state index contributed by atoms with van der Waals surface area (Å²) >= 11 is 0. The summed E-state index contributed by atoms with van der Waals surface area (Å²) in [6.07, 6.45) is 3.84. The Labute approximate surface area is 180 Å². The SMILES string of the molecule is CCOc1cc(C=C(C#N)c2nc3ccccc3[nH]2)ccc1OCC(=O)N1CCCC1. The summed E-state index contributed by atoms with van der Waals surface area (Å²) in [6, 6.07) is 15.3. The zero-order chi connectivity index (χ0) is 21.6. The Kier molecular flexibility index (Phi) is 6.18. The first kappa shape index (κ1) is 20.5. The van der Waals surface area contributed by atoms with Gasteiger partial charge in [-0.2, -0.15) is 5.26 Å². The van der Waals surface area contributed by atoms with Crippen LogP contribution in [0.3, 0.4) is 0 Å². The van der Waals surface area contributed by atoms with Crippen molar-refractivity contribution in [2.75, 3.05) is 26.3 Å². The van der Waals surface area contributed by atoms with E-state index in [0.29, 0.717) is 29.5 Å². The fraction of sp³-hybridized carbons (Fsp3) is 0.292. The first-order valence-electron chi connectivity index (χ1n) is 10.4. The van der Waals surface area contributed by atoms with E-state index in [1.807, 2.05) is 42.2 Å². The average Bonchev–Trinajstić information content (AvgIpc) is 3.47. The van der Waals surface area contributed by atoms with Crippen molar-refractivity contribution in [1.82, 2.24) is 14.9 Å². The van der Waals surface area contributed by atoms with Crippen LogP contribution in [0.25, 0.3) is 22.7 Å². The Morgan fingerprint density at radius 2 is 2.00 bits per heavy atom. The van der Waals surface area contributed by atoms with E-state index in [-0.39, 0.29) is 12.5 Å². The Morgan fingerprint density at radius 1 is 1.19 bits per heavy atom. The van der Waals surface area contributed by atoms with Gasteiger partial charge >= 0.3 is 0 Å². The number of aromatic nitrogens is 2. The standard InChI is InChI=1S/C24H24N4O3/c1-2-30-22-14-17(9-10-21(22)31-16-23(29)28-11-5-6-12-28)13-18(15-25)24-26-19-7-3-4-8-20(19)27-24/h3-4,7-10,13-14H,2,5-6,11-12,16H2,1H3,(H,26,27). The Bertz CT molecular complexity index is 1120. The molecular formula is C24H24N4O3. The lowest BCUT2D eigenvalue weighted by Crippen LogP contribution is -2.32. The number of aromatic amines is 1. The van der Waals surface area contributed by atoms with Gasteiger partial charge in [0.2, 0.25) is 0 Å². The quantitative estimate of drug-likeness (QED) is 0.587. The number of carbonyl (C=O) groups is 1. The summed E-state index contributed by atoms with van der Waals surface area (Å²) in [7, 11) is 0. The number of hydrogen-bond acceptors (Lipinski definition) is 5. The molecule has 158 valence electrons. The van der Waals surface area contributed by atoms with E-state index in [4.69, 9.17) is 9.47 Å². The van der Waals surface area contributed by atoms with Crippen LogP contribution in [0.15, 0.2) is 42.5 Å². The summed E-state index contributed by atoms with van der Waals surface area (Å²) < 4.78 is 11.5. The van der Waals surface area contributed by atoms with E-state index < -0.39 is 0 Å². The number of likely N-dealkylation sites (tertiary alicyclic amines) is 1. The zero-order valence-corrected chi connectivity index (χ0v) is 17.4. The van der Waals surface area contributed by atoms with Crippen molar-refractivity contribution in [1.29, 1.82) is 5.26 Å². The number of allylic oxidation sites excluding steroid dienone is 1. The maximum absolute atomic E-state index is 12.3. The van der Waals surface area contributed by atoms with Crippen LogP contribution in [0.4, 0.5) is 0 Å². The fourth-order valence-electron chi connectivity index (χ4n) is 3.60. The van der Waals surface area contributed by atoms with E-state index in [2.05, 4.69) is 16.0 Å². The molecule has 7 heteroatoms. The Morgan fingerprint density at radius 3 is 2.74 bits per heavy atom. The fourth-order valence-corrected chi connectivity index (χ4v) is 3.60. The van der Waals surface area contributed by atoms with Crippen molar-refractivity contribution in [3.63, 3.8) is 0 Å². The minimum Gasteiger partial charge on any atom is -0.490 e. The minimum absolute atomic E-state index is 0.0134. The zero-order valence-electron chi connectivity index (χ0n) is 17.4. The van der Waals surface area contributed by atoms with Crippen molar-refractivity contribution in [2.24, 2.45) is 0 Å². The Hall–Kier alpha value is -3.79. The van der Waals surface area contributed by atoms with Gasteiger partial charge in [0.1, 0.15) is 11.9 Å². The predicted octanol–water partition coefficient (Wildman–Crippen LogP) is 4.03. The third-order valence-electron chi connectivity index (χ3n) is 5.15. The number of carbonyl (C=O) groups excluding carboxylic acids is 1. The van der Waals surface area contributed by atoms with Crippen LogP contribution >= 0.6 is 0 Å². The van der Waals surface area contributed by atoms with Crippen LogP contribution in [-0.2, 0) is 4.79 Å². The largest absolute Gasteiger partial charge is 0.490 e. The number of benzene rings is 2. The second-order valence-corrected chi connectivity index (χ2v) is 7.29. The lowest BCUT2D eigenvalue weighted by molar-refractivity contribution is -0.132. The molecule has 1 saturated heterocycles. The summed E-state index contributed by atoms with van der Waals surface area (Å²) in [5.74, 6) is 1.54. The van der Waals surface area contributed by atoms with Gasteiger partial charge in [0.15, 0.2) is 18.1 Å². The van der Waals surface area contributed by atoms with Crippen LogP contribution in [0, 0.1) is 11.3 Å². The molecular weight excluding hydrogens is 392 g/mol. The summed E-state index contributed by atoms with van der Waals surface area (Å²) in [6.45, 7) is 3.92. The highest BCUT2D eigenvalue weighted by molar-refractivity contribution is 5.90. The third-order valence-corrected chi connectivity index (χ3v) is 5.15. The second-order valence-electron chi connectivity index (χ2n) is 7.29. The minimum atomic E-state index is -0.0162.